The number of para-hydroxylation sites is 1. The molecule has 0 spiro atoms. The summed E-state index contributed by atoms with van der Waals surface area (Å²) in [5, 5.41) is 2.93. The molecule has 0 bridgehead atoms. The molecule has 1 heterocycles. The second kappa shape index (κ2) is 10.1. The lowest BCUT2D eigenvalue weighted by Crippen LogP contribution is -2.24. The molecule has 2 aromatic carbocycles. The van der Waals surface area contributed by atoms with Crippen LogP contribution in [0.4, 0.5) is 4.39 Å². The van der Waals surface area contributed by atoms with Gasteiger partial charge in [0.05, 0.1) is 6.61 Å². The highest BCUT2D eigenvalue weighted by molar-refractivity contribution is 5.96. The average molecular weight is 423 g/mol. The zero-order valence-electron chi connectivity index (χ0n) is 18.1. The number of nitrogens with zero attached hydrogens (tertiary/aromatic N) is 1. The van der Waals surface area contributed by atoms with Crippen molar-refractivity contribution in [3.05, 3.63) is 77.2 Å². The Balaban J connectivity index is 1.73. The molecule has 31 heavy (non-hydrogen) atoms. The number of hydrogen-bond acceptors (Lipinski definition) is 3. The van der Waals surface area contributed by atoms with Gasteiger partial charge < -0.3 is 14.6 Å². The van der Waals surface area contributed by atoms with Crippen LogP contribution >= 0.6 is 0 Å². The summed E-state index contributed by atoms with van der Waals surface area (Å²) >= 11 is 0. The predicted molar refractivity (Wildman–Crippen MR) is 119 cm³/mol. The summed E-state index contributed by atoms with van der Waals surface area (Å²) in [6.45, 7) is 6.64. The Morgan fingerprint density at radius 3 is 2.48 bits per heavy atom. The van der Waals surface area contributed by atoms with Crippen LogP contribution in [-0.4, -0.2) is 22.9 Å². The Morgan fingerprint density at radius 2 is 1.81 bits per heavy atom. The van der Waals surface area contributed by atoms with Gasteiger partial charge in [0.1, 0.15) is 11.6 Å². The minimum absolute atomic E-state index is 0.0448. The zero-order chi connectivity index (χ0) is 22.4. The second-order valence-electron chi connectivity index (χ2n) is 7.31. The lowest BCUT2D eigenvalue weighted by Gasteiger charge is -2.13. The number of carbonyl (C=O) groups excluding carboxylic acids is 2. The number of aromatic nitrogens is 1. The topological polar surface area (TPSA) is 60.3 Å². The number of Topliss-reactive ketones (excluding diaryl/α,β-unsaturated/α-hetero) is 1. The summed E-state index contributed by atoms with van der Waals surface area (Å²) in [4.78, 5) is 24.6. The van der Waals surface area contributed by atoms with Crippen molar-refractivity contribution in [1.82, 2.24) is 9.88 Å². The number of ether oxygens (including phenoxy) is 1. The van der Waals surface area contributed by atoms with Gasteiger partial charge in [-0.25, -0.2) is 4.39 Å². The van der Waals surface area contributed by atoms with E-state index in [9.17, 15) is 14.0 Å². The van der Waals surface area contributed by atoms with E-state index in [-0.39, 0.29) is 23.9 Å². The minimum Gasteiger partial charge on any atom is -0.494 e. The van der Waals surface area contributed by atoms with E-state index in [1.807, 2.05) is 42.7 Å². The molecule has 5 nitrogen and oxygen atoms in total. The first-order chi connectivity index (χ1) is 14.9. The van der Waals surface area contributed by atoms with Crippen LogP contribution in [-0.2, 0) is 17.9 Å². The molecule has 0 aliphatic heterocycles. The van der Waals surface area contributed by atoms with Gasteiger partial charge in [-0.3, -0.25) is 9.59 Å². The van der Waals surface area contributed by atoms with Crippen LogP contribution in [0.3, 0.4) is 0 Å². The van der Waals surface area contributed by atoms with Crippen LogP contribution in [0.25, 0.3) is 11.3 Å². The fourth-order valence-electron chi connectivity index (χ4n) is 3.59. The lowest BCUT2D eigenvalue weighted by atomic mass is 10.1. The number of carbonyl (C=O) groups is 2. The number of rotatable bonds is 9. The molecule has 3 aromatic rings. The zero-order valence-corrected chi connectivity index (χ0v) is 18.1. The summed E-state index contributed by atoms with van der Waals surface area (Å²) in [5.41, 5.74) is 3.90. The first kappa shape index (κ1) is 22.3. The Labute approximate surface area is 181 Å². The first-order valence-corrected chi connectivity index (χ1v) is 10.3. The van der Waals surface area contributed by atoms with Crippen LogP contribution in [0.2, 0.25) is 0 Å². The molecule has 0 atom stereocenters. The van der Waals surface area contributed by atoms with E-state index in [1.165, 1.54) is 19.1 Å². The largest absolute Gasteiger partial charge is 0.494 e. The van der Waals surface area contributed by atoms with E-state index in [0.717, 1.165) is 28.3 Å². The Hall–Kier alpha value is -3.41. The number of nitrogens with one attached hydrogen (secondary N) is 1. The molecule has 6 heteroatoms. The molecule has 3 rings (SSSR count). The SMILES string of the molecule is CCOc1ccccc1CNC(=O)CCn1c(-c2ccc(F)cc2)cc(C(C)=O)c1C. The molecule has 0 radical (unpaired) electrons. The molecule has 0 saturated heterocycles. The summed E-state index contributed by atoms with van der Waals surface area (Å²) in [6, 6.07) is 15.5. The molecular weight excluding hydrogens is 395 g/mol. The lowest BCUT2D eigenvalue weighted by molar-refractivity contribution is -0.121. The molecule has 0 aliphatic rings. The highest BCUT2D eigenvalue weighted by Crippen LogP contribution is 2.27. The number of ketones is 1. The van der Waals surface area contributed by atoms with E-state index >= 15 is 0 Å². The smallest absolute Gasteiger partial charge is 0.222 e. The third kappa shape index (κ3) is 5.40. The van der Waals surface area contributed by atoms with Crippen molar-refractivity contribution >= 4 is 11.7 Å². The van der Waals surface area contributed by atoms with Crippen molar-refractivity contribution in [2.24, 2.45) is 0 Å². The van der Waals surface area contributed by atoms with Crippen LogP contribution < -0.4 is 10.1 Å². The summed E-state index contributed by atoms with van der Waals surface area (Å²) < 4.78 is 20.9. The maximum Gasteiger partial charge on any atom is 0.222 e. The Morgan fingerprint density at radius 1 is 1.10 bits per heavy atom. The predicted octanol–water partition coefficient (Wildman–Crippen LogP) is 4.91. The van der Waals surface area contributed by atoms with Crippen LogP contribution in [0.1, 0.15) is 41.9 Å². The highest BCUT2D eigenvalue weighted by Gasteiger charge is 2.17. The number of halogens is 1. The summed E-state index contributed by atoms with van der Waals surface area (Å²) in [6.07, 6.45) is 0.248. The van der Waals surface area contributed by atoms with Gasteiger partial charge in [0.25, 0.3) is 0 Å². The summed E-state index contributed by atoms with van der Waals surface area (Å²) in [5.74, 6) is 0.291. The molecular formula is C25H27FN2O3. The van der Waals surface area contributed by atoms with Gasteiger partial charge in [0.15, 0.2) is 5.78 Å². The van der Waals surface area contributed by atoms with Crippen molar-refractivity contribution < 1.29 is 18.7 Å². The molecule has 1 amide bonds. The number of hydrogen-bond donors (Lipinski definition) is 1. The second-order valence-corrected chi connectivity index (χ2v) is 7.31. The third-order valence-corrected chi connectivity index (χ3v) is 5.20. The van der Waals surface area contributed by atoms with Gasteiger partial charge in [-0.15, -0.1) is 0 Å². The number of benzene rings is 2. The fraction of sp³-hybridized carbons (Fsp3) is 0.280. The first-order valence-electron chi connectivity index (χ1n) is 10.3. The van der Waals surface area contributed by atoms with E-state index < -0.39 is 0 Å². The van der Waals surface area contributed by atoms with Crippen molar-refractivity contribution in [3.63, 3.8) is 0 Å². The molecule has 1 aromatic heterocycles. The normalized spacial score (nSPS) is 10.7. The Bertz CT molecular complexity index is 1070. The quantitative estimate of drug-likeness (QED) is 0.499. The van der Waals surface area contributed by atoms with Crippen LogP contribution in [0.15, 0.2) is 54.6 Å². The van der Waals surface area contributed by atoms with Gasteiger partial charge >= 0.3 is 0 Å². The van der Waals surface area contributed by atoms with E-state index in [1.54, 1.807) is 18.2 Å². The third-order valence-electron chi connectivity index (χ3n) is 5.20. The maximum atomic E-state index is 13.3. The van der Waals surface area contributed by atoms with Crippen molar-refractivity contribution in [1.29, 1.82) is 0 Å². The Kier molecular flexibility index (Phi) is 7.23. The molecule has 0 saturated carbocycles. The standard InChI is InChI=1S/C25H27FN2O3/c1-4-31-24-8-6-5-7-20(24)16-27-25(30)13-14-28-17(2)22(18(3)29)15-23(28)19-9-11-21(26)12-10-19/h5-12,15H,4,13-14,16H2,1-3H3,(H,27,30). The highest BCUT2D eigenvalue weighted by atomic mass is 19.1. The van der Waals surface area contributed by atoms with Crippen molar-refractivity contribution in [3.8, 4) is 17.0 Å². The van der Waals surface area contributed by atoms with Gasteiger partial charge in [-0.1, -0.05) is 18.2 Å². The fourth-order valence-corrected chi connectivity index (χ4v) is 3.59. The van der Waals surface area contributed by atoms with Crippen LogP contribution in [0, 0.1) is 12.7 Å². The van der Waals surface area contributed by atoms with E-state index in [2.05, 4.69) is 5.32 Å². The molecule has 0 fully saturated rings. The van der Waals surface area contributed by atoms with Gasteiger partial charge in [-0.05, 0) is 62.7 Å². The monoisotopic (exact) mass is 422 g/mol. The van der Waals surface area contributed by atoms with E-state index in [0.29, 0.717) is 25.3 Å². The van der Waals surface area contributed by atoms with Gasteiger partial charge in [0, 0.05) is 42.0 Å². The molecule has 162 valence electrons. The summed E-state index contributed by atoms with van der Waals surface area (Å²) in [7, 11) is 0. The minimum atomic E-state index is -0.322. The van der Waals surface area contributed by atoms with Gasteiger partial charge in [0.2, 0.25) is 5.91 Å². The average Bonchev–Trinajstić information content (AvgIpc) is 3.09. The van der Waals surface area contributed by atoms with Crippen molar-refractivity contribution in [2.45, 2.75) is 40.3 Å². The molecule has 0 unspecified atom stereocenters. The maximum absolute atomic E-state index is 13.3. The van der Waals surface area contributed by atoms with Crippen LogP contribution in [0.5, 0.6) is 5.75 Å². The van der Waals surface area contributed by atoms with E-state index in [4.69, 9.17) is 4.74 Å². The molecule has 1 N–H and O–H groups in total. The van der Waals surface area contributed by atoms with Gasteiger partial charge in [-0.2, -0.15) is 0 Å². The van der Waals surface area contributed by atoms with Crippen molar-refractivity contribution in [2.75, 3.05) is 6.61 Å². The molecule has 0 aliphatic carbocycles. The number of amides is 1.